The summed E-state index contributed by atoms with van der Waals surface area (Å²) in [6.07, 6.45) is 2.82. The Labute approximate surface area is 150 Å². The maximum absolute atomic E-state index is 12.2. The maximum atomic E-state index is 12.2. The summed E-state index contributed by atoms with van der Waals surface area (Å²) in [5, 5.41) is 3.12. The molecule has 1 aliphatic carbocycles. The first-order valence-corrected chi connectivity index (χ1v) is 11.2. The average Bonchev–Trinajstić information content (AvgIpc) is 2.31. The molecule has 0 unspecified atom stereocenters. The van der Waals surface area contributed by atoms with Crippen molar-refractivity contribution in [2.45, 2.75) is 75.4 Å². The number of ether oxygens (including phenoxy) is 1. The number of hydrogen-bond acceptors (Lipinski definition) is 2. The fourth-order valence-corrected chi connectivity index (χ4v) is 6.24. The average molecular weight is 422 g/mol. The summed E-state index contributed by atoms with van der Waals surface area (Å²) in [4.78, 5) is 12.2. The van der Waals surface area contributed by atoms with Crippen molar-refractivity contribution in [2.75, 3.05) is 0 Å². The number of alkyl carbamates (subject to hydrolysis) is 1. The molecule has 1 aromatic carbocycles. The standard InChI is InChI=1S/C15H20NO2.C4H9.Sn/c1-14(2,3)18-13(17)16-15(10-7-11-15)12-8-5-4-6-9-12;1-4(2)3;/h5-6,8-9H,7,10-11H2,1-3H3,(H,16,17);1-3H3;. The quantitative estimate of drug-likeness (QED) is 0.744. The summed E-state index contributed by atoms with van der Waals surface area (Å²) in [7, 11) is 0. The summed E-state index contributed by atoms with van der Waals surface area (Å²) < 4.78 is 7.40. The third-order valence-electron chi connectivity index (χ3n) is 3.90. The van der Waals surface area contributed by atoms with Crippen LogP contribution in [0.2, 0.25) is 3.43 Å². The van der Waals surface area contributed by atoms with Gasteiger partial charge in [0, 0.05) is 0 Å². The molecule has 1 saturated carbocycles. The summed E-state index contributed by atoms with van der Waals surface area (Å²) >= 11 is -0.577. The first-order valence-electron chi connectivity index (χ1n) is 8.39. The molecule has 0 aliphatic heterocycles. The van der Waals surface area contributed by atoms with Crippen molar-refractivity contribution in [3.63, 3.8) is 0 Å². The Balaban J connectivity index is 2.09. The van der Waals surface area contributed by atoms with Crippen LogP contribution in [-0.4, -0.2) is 32.8 Å². The third kappa shape index (κ3) is 5.40. The molecule has 1 amide bonds. The van der Waals surface area contributed by atoms with Gasteiger partial charge in [-0.05, 0) is 0 Å². The second kappa shape index (κ2) is 6.65. The Bertz CT molecular complexity index is 548. The van der Waals surface area contributed by atoms with Crippen molar-refractivity contribution < 1.29 is 9.53 Å². The van der Waals surface area contributed by atoms with E-state index >= 15 is 0 Å². The van der Waals surface area contributed by atoms with Crippen LogP contribution in [0.15, 0.2) is 24.3 Å². The Morgan fingerprint density at radius 2 is 1.65 bits per heavy atom. The van der Waals surface area contributed by atoms with E-state index < -0.39 is 26.7 Å². The topological polar surface area (TPSA) is 38.3 Å². The number of nitrogens with one attached hydrogen (secondary N) is 1. The van der Waals surface area contributed by atoms with Crippen molar-refractivity contribution in [3.8, 4) is 0 Å². The molecule has 1 aliphatic rings. The van der Waals surface area contributed by atoms with Gasteiger partial charge in [-0.2, -0.15) is 0 Å². The molecule has 4 heteroatoms. The fraction of sp³-hybridized carbons (Fsp3) is 0.632. The van der Waals surface area contributed by atoms with E-state index in [4.69, 9.17) is 4.74 Å². The normalized spacial score (nSPS) is 17.3. The van der Waals surface area contributed by atoms with Gasteiger partial charge in [-0.1, -0.05) is 0 Å². The zero-order valence-corrected chi connectivity index (χ0v) is 18.1. The van der Waals surface area contributed by atoms with Crippen LogP contribution in [-0.2, 0) is 10.3 Å². The van der Waals surface area contributed by atoms with Crippen molar-refractivity contribution in [2.24, 2.45) is 0 Å². The molecule has 1 fully saturated rings. The van der Waals surface area contributed by atoms with E-state index in [2.05, 4.69) is 50.4 Å². The molecule has 1 N–H and O–H groups in total. The van der Waals surface area contributed by atoms with Gasteiger partial charge in [0.25, 0.3) is 0 Å². The van der Waals surface area contributed by atoms with E-state index in [1.807, 2.05) is 20.8 Å². The van der Waals surface area contributed by atoms with Crippen LogP contribution >= 0.6 is 0 Å². The van der Waals surface area contributed by atoms with Gasteiger partial charge in [-0.15, -0.1) is 0 Å². The zero-order valence-electron chi connectivity index (χ0n) is 15.2. The predicted octanol–water partition coefficient (Wildman–Crippen LogP) is 4.14. The number of rotatable bonds is 3. The van der Waals surface area contributed by atoms with Crippen LogP contribution in [0, 0.1) is 0 Å². The summed E-state index contributed by atoms with van der Waals surface area (Å²) in [5.41, 5.74) is 0.526. The van der Waals surface area contributed by atoms with Gasteiger partial charge in [-0.25, -0.2) is 0 Å². The van der Waals surface area contributed by atoms with Crippen LogP contribution in [0.3, 0.4) is 0 Å². The Morgan fingerprint density at radius 1 is 1.09 bits per heavy atom. The van der Waals surface area contributed by atoms with Crippen molar-refractivity contribution in [1.29, 1.82) is 0 Å². The van der Waals surface area contributed by atoms with E-state index in [0.717, 1.165) is 19.3 Å². The minimum atomic E-state index is -0.577. The van der Waals surface area contributed by atoms with Crippen LogP contribution in [0.4, 0.5) is 4.79 Å². The molecule has 23 heavy (non-hydrogen) atoms. The van der Waals surface area contributed by atoms with Crippen molar-refractivity contribution >= 4 is 30.8 Å². The van der Waals surface area contributed by atoms with Gasteiger partial charge in [0.1, 0.15) is 0 Å². The van der Waals surface area contributed by atoms with Crippen LogP contribution in [0.25, 0.3) is 0 Å². The number of carbonyl (C=O) groups is 1. The Kier molecular flexibility index (Phi) is 5.39. The van der Waals surface area contributed by atoms with Crippen LogP contribution in [0.1, 0.15) is 66.4 Å². The molecular weight excluding hydrogens is 393 g/mol. The molecule has 0 atom stereocenters. The molecule has 2 rings (SSSR count). The second-order valence-electron chi connectivity index (χ2n) is 8.51. The molecule has 0 spiro atoms. The van der Waals surface area contributed by atoms with Crippen LogP contribution in [0.5, 0.6) is 0 Å². The summed E-state index contributed by atoms with van der Waals surface area (Å²) in [6.45, 7) is 12.7. The SMILES string of the molecule is CC(C)(C)OC(=O)NC1(c2cc[c]([Sn][C](C)(C)C)cc2)CCC1. The summed E-state index contributed by atoms with van der Waals surface area (Å²) in [5.74, 6) is 0. The van der Waals surface area contributed by atoms with Gasteiger partial charge in [-0.3, -0.25) is 0 Å². The number of hydrogen-bond donors (Lipinski definition) is 1. The molecular formula is C19H29NO2Sn. The second-order valence-corrected chi connectivity index (χ2v) is 15.2. The van der Waals surface area contributed by atoms with E-state index in [1.165, 1.54) is 9.14 Å². The predicted molar refractivity (Wildman–Crippen MR) is 96.4 cm³/mol. The summed E-state index contributed by atoms with van der Waals surface area (Å²) in [6, 6.07) is 8.95. The molecule has 126 valence electrons. The first-order chi connectivity index (χ1) is 10.5. The van der Waals surface area contributed by atoms with Gasteiger partial charge < -0.3 is 0 Å². The van der Waals surface area contributed by atoms with E-state index in [-0.39, 0.29) is 11.6 Å². The van der Waals surface area contributed by atoms with Gasteiger partial charge in [0.15, 0.2) is 0 Å². The third-order valence-corrected chi connectivity index (χ3v) is 7.82. The first kappa shape index (κ1) is 18.6. The van der Waals surface area contributed by atoms with Gasteiger partial charge in [0.2, 0.25) is 0 Å². The van der Waals surface area contributed by atoms with Crippen molar-refractivity contribution in [1.82, 2.24) is 5.32 Å². The molecule has 2 radical (unpaired) electrons. The Hall–Kier alpha value is -0.711. The van der Waals surface area contributed by atoms with E-state index in [9.17, 15) is 4.79 Å². The minimum absolute atomic E-state index is 0.229. The van der Waals surface area contributed by atoms with E-state index in [1.54, 1.807) is 0 Å². The molecule has 1 aromatic rings. The van der Waals surface area contributed by atoms with Gasteiger partial charge >= 0.3 is 151 Å². The molecule has 3 nitrogen and oxygen atoms in total. The van der Waals surface area contributed by atoms with E-state index in [0.29, 0.717) is 3.43 Å². The molecule has 0 heterocycles. The van der Waals surface area contributed by atoms with Gasteiger partial charge in [0.05, 0.1) is 0 Å². The number of benzene rings is 1. The fourth-order valence-electron chi connectivity index (χ4n) is 2.82. The van der Waals surface area contributed by atoms with Crippen LogP contribution < -0.4 is 8.90 Å². The molecule has 0 bridgehead atoms. The van der Waals surface area contributed by atoms with Crippen molar-refractivity contribution in [3.05, 3.63) is 29.8 Å². The molecule has 0 saturated heterocycles. The molecule has 0 aromatic heterocycles. The monoisotopic (exact) mass is 423 g/mol. The zero-order chi connectivity index (χ0) is 17.3. The number of carbonyl (C=O) groups excluding carboxylic acids is 1. The number of amides is 1. The Morgan fingerprint density at radius 3 is 2.04 bits per heavy atom.